The number of hydrogen-bond acceptors (Lipinski definition) is 5. The summed E-state index contributed by atoms with van der Waals surface area (Å²) < 4.78 is 5.62. The Morgan fingerprint density at radius 3 is 2.57 bits per heavy atom. The van der Waals surface area contributed by atoms with Crippen molar-refractivity contribution >= 4 is 29.0 Å². The number of hydrogen-bond donors (Lipinski definition) is 1. The molecule has 152 valence electrons. The van der Waals surface area contributed by atoms with Crippen LogP contribution in [-0.2, 0) is 11.3 Å². The molecule has 1 N–H and O–H groups in total. The molecule has 28 heavy (non-hydrogen) atoms. The molecule has 2 fully saturated rings. The summed E-state index contributed by atoms with van der Waals surface area (Å²) in [5, 5.41) is 10.9. The summed E-state index contributed by atoms with van der Waals surface area (Å²) in [6.45, 7) is 5.29. The van der Waals surface area contributed by atoms with Crippen molar-refractivity contribution in [3.05, 3.63) is 39.6 Å². The molecule has 0 radical (unpaired) electrons. The van der Waals surface area contributed by atoms with Crippen LogP contribution in [0.25, 0.3) is 11.3 Å². The fourth-order valence-corrected chi connectivity index (χ4v) is 4.47. The fraction of sp³-hybridized carbons (Fsp3) is 0.524. The maximum atomic E-state index is 9.93. The highest BCUT2D eigenvalue weighted by Crippen LogP contribution is 2.41. The molecule has 2 aliphatic heterocycles. The van der Waals surface area contributed by atoms with E-state index in [1.165, 1.54) is 0 Å². The maximum Gasteiger partial charge on any atom is 0.153 e. The normalized spacial score (nSPS) is 18.4. The van der Waals surface area contributed by atoms with Gasteiger partial charge in [0.25, 0.3) is 0 Å². The summed E-state index contributed by atoms with van der Waals surface area (Å²) in [6, 6.07) is 5.45. The van der Waals surface area contributed by atoms with E-state index >= 15 is 0 Å². The lowest BCUT2D eigenvalue weighted by Gasteiger charge is -2.39. The van der Waals surface area contributed by atoms with Gasteiger partial charge in [0.15, 0.2) is 5.82 Å². The van der Waals surface area contributed by atoms with E-state index in [1.807, 2.05) is 19.1 Å². The summed E-state index contributed by atoms with van der Waals surface area (Å²) in [5.41, 5.74) is 3.07. The second kappa shape index (κ2) is 8.54. The summed E-state index contributed by atoms with van der Waals surface area (Å²) >= 11 is 12.5. The highest BCUT2D eigenvalue weighted by Gasteiger charge is 2.38. The quantitative estimate of drug-likeness (QED) is 0.760. The van der Waals surface area contributed by atoms with Crippen molar-refractivity contribution in [2.75, 3.05) is 31.2 Å². The van der Waals surface area contributed by atoms with Gasteiger partial charge in [-0.1, -0.05) is 42.8 Å². The van der Waals surface area contributed by atoms with Gasteiger partial charge < -0.3 is 14.7 Å². The van der Waals surface area contributed by atoms with E-state index in [1.54, 1.807) is 6.07 Å². The van der Waals surface area contributed by atoms with Crippen LogP contribution < -0.4 is 4.90 Å². The molecule has 0 bridgehead atoms. The number of aliphatic hydroxyl groups excluding tert-OH is 1. The van der Waals surface area contributed by atoms with Crippen LogP contribution in [0, 0.1) is 12.3 Å². The number of benzene rings is 1. The van der Waals surface area contributed by atoms with Crippen LogP contribution in [0.2, 0.25) is 10.0 Å². The first-order valence-corrected chi connectivity index (χ1v) is 10.0. The van der Waals surface area contributed by atoms with Gasteiger partial charge in [0.2, 0.25) is 0 Å². The number of halogens is 2. The monoisotopic (exact) mass is 423 g/mol. The molecule has 0 atom stereocenters. The zero-order valence-electron chi connectivity index (χ0n) is 15.3. The Labute approximate surface area is 176 Å². The lowest BCUT2D eigenvalue weighted by atomic mass is 9.78. The van der Waals surface area contributed by atoms with Crippen molar-refractivity contribution in [2.45, 2.75) is 40.2 Å². The number of rotatable bonds is 3. The average molecular weight is 424 g/mol. The first-order valence-electron chi connectivity index (χ1n) is 9.28. The van der Waals surface area contributed by atoms with Crippen LogP contribution in [0.4, 0.5) is 5.82 Å². The minimum atomic E-state index is -0.168. The third-order valence-corrected chi connectivity index (χ3v) is 6.61. The summed E-state index contributed by atoms with van der Waals surface area (Å²) in [4.78, 5) is 11.7. The van der Waals surface area contributed by atoms with E-state index in [-0.39, 0.29) is 14.0 Å². The molecule has 2 aromatic rings. The van der Waals surface area contributed by atoms with Crippen molar-refractivity contribution in [3.63, 3.8) is 0 Å². The van der Waals surface area contributed by atoms with E-state index in [4.69, 9.17) is 37.9 Å². The summed E-state index contributed by atoms with van der Waals surface area (Å²) in [6.07, 6.45) is 3.31. The molecular formula is C21H27Cl2N3O2. The molecule has 2 saturated heterocycles. The van der Waals surface area contributed by atoms with Crippen molar-refractivity contribution in [1.29, 1.82) is 0 Å². The van der Waals surface area contributed by atoms with Gasteiger partial charge in [-0.05, 0) is 37.7 Å². The number of aryl methyl sites for hydroxylation is 1. The summed E-state index contributed by atoms with van der Waals surface area (Å²) in [7, 11) is 0. The Bertz CT molecular complexity index is 844. The van der Waals surface area contributed by atoms with Gasteiger partial charge in [-0.15, -0.1) is 0 Å². The molecule has 1 aromatic carbocycles. The molecule has 7 heteroatoms. The molecule has 2 aliphatic rings. The molecular weight excluding hydrogens is 397 g/mol. The Morgan fingerprint density at radius 2 is 1.93 bits per heavy atom. The van der Waals surface area contributed by atoms with Gasteiger partial charge >= 0.3 is 0 Å². The molecule has 1 aromatic heterocycles. The predicted molar refractivity (Wildman–Crippen MR) is 114 cm³/mol. The Kier molecular flexibility index (Phi) is 6.50. The Morgan fingerprint density at radius 1 is 1.18 bits per heavy atom. The van der Waals surface area contributed by atoms with Crippen LogP contribution in [0.3, 0.4) is 0 Å². The highest BCUT2D eigenvalue weighted by molar-refractivity contribution is 6.43. The smallest absolute Gasteiger partial charge is 0.153 e. The fourth-order valence-electron chi connectivity index (χ4n) is 4.08. The van der Waals surface area contributed by atoms with Crippen molar-refractivity contribution in [3.8, 4) is 11.3 Å². The minimum absolute atomic E-state index is 0. The van der Waals surface area contributed by atoms with E-state index in [9.17, 15) is 5.11 Å². The van der Waals surface area contributed by atoms with Crippen LogP contribution in [-0.4, -0.2) is 41.4 Å². The van der Waals surface area contributed by atoms with Crippen LogP contribution in [0.15, 0.2) is 18.2 Å². The van der Waals surface area contributed by atoms with Crippen LogP contribution in [0.1, 0.15) is 38.1 Å². The molecule has 1 spiro atoms. The topological polar surface area (TPSA) is 58.5 Å². The second-order valence-corrected chi connectivity index (χ2v) is 8.26. The standard InChI is InChI=1S/C20H23Cl2N3O2.CH4/c1-13-18(14-3-2-4-15(21)17(14)22)24-16(11-26)19(23-13)25-8-5-20(6-9-25)7-10-27-12-20;/h2-4,26H,5-12H2,1H3;1H4. The van der Waals surface area contributed by atoms with Crippen molar-refractivity contribution in [1.82, 2.24) is 9.97 Å². The molecule has 5 nitrogen and oxygen atoms in total. The first kappa shape index (κ1) is 21.3. The number of nitrogens with zero attached hydrogens (tertiary/aromatic N) is 3. The molecule has 0 unspecified atom stereocenters. The average Bonchev–Trinajstić information content (AvgIpc) is 3.13. The third kappa shape index (κ3) is 3.86. The Balaban J connectivity index is 0.00000225. The second-order valence-electron chi connectivity index (χ2n) is 7.48. The maximum absolute atomic E-state index is 9.93. The largest absolute Gasteiger partial charge is 0.390 e. The number of piperidine rings is 1. The molecule has 0 saturated carbocycles. The van der Waals surface area contributed by atoms with Gasteiger partial charge in [-0.25, -0.2) is 9.97 Å². The van der Waals surface area contributed by atoms with Crippen molar-refractivity contribution < 1.29 is 9.84 Å². The number of aliphatic hydroxyl groups is 1. The van der Waals surface area contributed by atoms with Gasteiger partial charge in [-0.2, -0.15) is 0 Å². The zero-order valence-corrected chi connectivity index (χ0v) is 16.9. The van der Waals surface area contributed by atoms with Gasteiger partial charge in [-0.3, -0.25) is 0 Å². The van der Waals surface area contributed by atoms with Crippen LogP contribution >= 0.6 is 23.2 Å². The molecule has 4 rings (SSSR count). The van der Waals surface area contributed by atoms with Gasteiger partial charge in [0.1, 0.15) is 5.69 Å². The molecule has 0 amide bonds. The number of anilines is 1. The van der Waals surface area contributed by atoms with E-state index in [0.717, 1.165) is 62.6 Å². The predicted octanol–water partition coefficient (Wildman–Crippen LogP) is 4.89. The first-order chi connectivity index (χ1) is 13.0. The SMILES string of the molecule is C.Cc1nc(N2CCC3(CCOC3)CC2)c(CO)nc1-c1cccc(Cl)c1Cl. The number of aromatic nitrogens is 2. The number of ether oxygens (including phenoxy) is 1. The van der Waals surface area contributed by atoms with Gasteiger partial charge in [0, 0.05) is 25.3 Å². The highest BCUT2D eigenvalue weighted by atomic mass is 35.5. The minimum Gasteiger partial charge on any atom is -0.390 e. The van der Waals surface area contributed by atoms with Crippen LogP contribution in [0.5, 0.6) is 0 Å². The Hall–Kier alpha value is -1.40. The zero-order chi connectivity index (χ0) is 19.0. The van der Waals surface area contributed by atoms with Gasteiger partial charge in [0.05, 0.1) is 34.6 Å². The summed E-state index contributed by atoms with van der Waals surface area (Å²) in [5.74, 6) is 0.769. The van der Waals surface area contributed by atoms with E-state index in [2.05, 4.69) is 4.90 Å². The third-order valence-electron chi connectivity index (χ3n) is 5.79. The van der Waals surface area contributed by atoms with E-state index in [0.29, 0.717) is 26.8 Å². The lowest BCUT2D eigenvalue weighted by Crippen LogP contribution is -2.41. The molecule has 0 aliphatic carbocycles. The van der Waals surface area contributed by atoms with Crippen molar-refractivity contribution in [2.24, 2.45) is 5.41 Å². The lowest BCUT2D eigenvalue weighted by molar-refractivity contribution is 0.133. The van der Waals surface area contributed by atoms with E-state index < -0.39 is 0 Å². The molecule has 3 heterocycles.